The third kappa shape index (κ3) is 8.22. The zero-order chi connectivity index (χ0) is 22.8. The predicted molar refractivity (Wildman–Crippen MR) is 121 cm³/mol. The lowest BCUT2D eigenvalue weighted by atomic mass is 10.2. The number of hydrogen-bond donors (Lipinski definition) is 2. The van der Waals surface area contributed by atoms with Crippen molar-refractivity contribution in [2.24, 2.45) is 0 Å². The number of carbonyl (C=O) groups excluding carboxylic acids is 3. The molecule has 0 aliphatic carbocycles. The Balaban J connectivity index is 1.72. The lowest BCUT2D eigenvalue weighted by Gasteiger charge is -2.12. The highest BCUT2D eigenvalue weighted by Crippen LogP contribution is 2.32. The second-order valence-electron chi connectivity index (χ2n) is 6.37. The first-order valence-electron chi connectivity index (χ1n) is 9.36. The van der Waals surface area contributed by atoms with Crippen molar-refractivity contribution in [2.75, 3.05) is 19.8 Å². The quantitative estimate of drug-likeness (QED) is 0.360. The van der Waals surface area contributed by atoms with Gasteiger partial charge in [-0.25, -0.2) is 4.79 Å². The van der Waals surface area contributed by atoms with E-state index in [2.05, 4.69) is 42.7 Å². The molecule has 8 nitrogen and oxygen atoms in total. The number of nitrogens with one attached hydrogen (secondary N) is 2. The molecule has 10 heteroatoms. The average Bonchev–Trinajstić information content (AvgIpc) is 2.74. The van der Waals surface area contributed by atoms with Crippen molar-refractivity contribution in [3.63, 3.8) is 0 Å². The minimum absolute atomic E-state index is 0.280. The fourth-order valence-corrected chi connectivity index (χ4v) is 3.89. The Kier molecular flexibility index (Phi) is 9.80. The molecule has 0 heterocycles. The summed E-state index contributed by atoms with van der Waals surface area (Å²) in [5.41, 5.74) is 5.73. The number of hydrogen-bond acceptors (Lipinski definition) is 6. The van der Waals surface area contributed by atoms with Crippen molar-refractivity contribution in [1.29, 1.82) is 0 Å². The summed E-state index contributed by atoms with van der Waals surface area (Å²) >= 11 is 6.75. The molecule has 0 fully saturated rings. The molecule has 0 aromatic heterocycles. The molecule has 0 saturated heterocycles. The van der Waals surface area contributed by atoms with E-state index in [4.69, 9.17) is 14.2 Å². The van der Waals surface area contributed by atoms with Gasteiger partial charge < -0.3 is 14.2 Å². The molecule has 0 atom stereocenters. The molecule has 0 bridgehead atoms. The predicted octanol–water partition coefficient (Wildman–Crippen LogP) is 3.69. The van der Waals surface area contributed by atoms with Crippen LogP contribution >= 0.6 is 31.9 Å². The molecule has 0 aliphatic heterocycles. The van der Waals surface area contributed by atoms with Gasteiger partial charge in [0.25, 0.3) is 11.8 Å². The van der Waals surface area contributed by atoms with Crippen molar-refractivity contribution >= 4 is 49.6 Å². The summed E-state index contributed by atoms with van der Waals surface area (Å²) in [5.74, 6) is -0.567. The lowest BCUT2D eigenvalue weighted by Crippen LogP contribution is -2.45. The summed E-state index contributed by atoms with van der Waals surface area (Å²) < 4.78 is 17.5. The van der Waals surface area contributed by atoms with Gasteiger partial charge in [0.1, 0.15) is 11.5 Å². The van der Waals surface area contributed by atoms with Gasteiger partial charge in [-0.1, -0.05) is 22.9 Å². The highest BCUT2D eigenvalue weighted by Gasteiger charge is 2.11. The number of esters is 1. The molecule has 0 radical (unpaired) electrons. The van der Waals surface area contributed by atoms with Gasteiger partial charge in [0.2, 0.25) is 0 Å². The van der Waals surface area contributed by atoms with Crippen LogP contribution in [0.25, 0.3) is 0 Å². The van der Waals surface area contributed by atoms with E-state index in [0.717, 1.165) is 16.5 Å². The van der Waals surface area contributed by atoms with Crippen molar-refractivity contribution in [3.8, 4) is 11.5 Å². The molecule has 0 unspecified atom stereocenters. The molecule has 2 aromatic carbocycles. The Bertz CT molecular complexity index is 911. The Morgan fingerprint density at radius 2 is 1.55 bits per heavy atom. The minimum Gasteiger partial charge on any atom is -0.484 e. The molecule has 0 saturated carbocycles. The van der Waals surface area contributed by atoms with Crippen LogP contribution in [0.1, 0.15) is 29.3 Å². The zero-order valence-electron chi connectivity index (χ0n) is 17.0. The monoisotopic (exact) mass is 556 g/mol. The molecule has 2 amide bonds. The first kappa shape index (κ1) is 24.7. The normalized spacial score (nSPS) is 10.2. The third-order valence-corrected chi connectivity index (χ3v) is 4.83. The van der Waals surface area contributed by atoms with Crippen molar-refractivity contribution in [3.05, 3.63) is 56.5 Å². The summed E-state index contributed by atoms with van der Waals surface area (Å²) in [5, 5.41) is 0. The minimum atomic E-state index is -0.555. The standard InChI is InChI=1S/C21H22Br2N2O6/c1-3-8-29-21(28)14-4-6-16(7-5-14)30-11-18(26)24-25-19(27)12-31-20-13(2)9-15(22)10-17(20)23/h4-7,9-10H,3,8,11-12H2,1-2H3,(H,24,26)(H,25,27). The number of aryl methyl sites for hydroxylation is 1. The SMILES string of the molecule is CCCOC(=O)c1ccc(OCC(=O)NNC(=O)COc2c(C)cc(Br)cc2Br)cc1. The summed E-state index contributed by atoms with van der Waals surface area (Å²) in [6.45, 7) is 3.51. The molecule has 31 heavy (non-hydrogen) atoms. The van der Waals surface area contributed by atoms with E-state index in [0.29, 0.717) is 28.1 Å². The van der Waals surface area contributed by atoms with E-state index in [1.165, 1.54) is 0 Å². The number of carbonyl (C=O) groups is 3. The molecular formula is C21H22Br2N2O6. The topological polar surface area (TPSA) is 103 Å². The Morgan fingerprint density at radius 1 is 0.935 bits per heavy atom. The summed E-state index contributed by atoms with van der Waals surface area (Å²) in [4.78, 5) is 35.5. The maximum atomic E-state index is 11.9. The van der Waals surface area contributed by atoms with Gasteiger partial charge in [-0.2, -0.15) is 0 Å². The van der Waals surface area contributed by atoms with Gasteiger partial charge in [-0.15, -0.1) is 0 Å². The summed E-state index contributed by atoms with van der Waals surface area (Å²) in [6.07, 6.45) is 0.742. The van der Waals surface area contributed by atoms with Gasteiger partial charge in [0.15, 0.2) is 13.2 Å². The van der Waals surface area contributed by atoms with Gasteiger partial charge in [0, 0.05) is 4.47 Å². The Labute approximate surface area is 196 Å². The number of ether oxygens (including phenoxy) is 3. The van der Waals surface area contributed by atoms with Crippen molar-refractivity contribution in [2.45, 2.75) is 20.3 Å². The van der Waals surface area contributed by atoms with E-state index in [-0.39, 0.29) is 13.2 Å². The second-order valence-corrected chi connectivity index (χ2v) is 8.14. The second kappa shape index (κ2) is 12.3. The molecular weight excluding hydrogens is 536 g/mol. The fourth-order valence-electron chi connectivity index (χ4n) is 2.34. The van der Waals surface area contributed by atoms with E-state index >= 15 is 0 Å². The van der Waals surface area contributed by atoms with Crippen molar-refractivity contribution < 1.29 is 28.6 Å². The van der Waals surface area contributed by atoms with Crippen LogP contribution in [0.3, 0.4) is 0 Å². The van der Waals surface area contributed by atoms with Gasteiger partial charge in [-0.3, -0.25) is 20.4 Å². The van der Waals surface area contributed by atoms with Crippen LogP contribution < -0.4 is 20.3 Å². The highest BCUT2D eigenvalue weighted by molar-refractivity contribution is 9.11. The Hall–Kier alpha value is -2.59. The largest absolute Gasteiger partial charge is 0.484 e. The lowest BCUT2D eigenvalue weighted by molar-refractivity contribution is -0.131. The van der Waals surface area contributed by atoms with Crippen LogP contribution in [0.4, 0.5) is 0 Å². The van der Waals surface area contributed by atoms with Crippen LogP contribution in [-0.4, -0.2) is 37.6 Å². The molecule has 2 N–H and O–H groups in total. The number of hydrazine groups is 1. The number of benzene rings is 2. The van der Waals surface area contributed by atoms with Gasteiger partial charge >= 0.3 is 5.97 Å². The van der Waals surface area contributed by atoms with Gasteiger partial charge in [0.05, 0.1) is 16.6 Å². The van der Waals surface area contributed by atoms with E-state index in [1.807, 2.05) is 19.9 Å². The van der Waals surface area contributed by atoms with Gasteiger partial charge in [-0.05, 0) is 71.2 Å². The van der Waals surface area contributed by atoms with Crippen LogP contribution in [-0.2, 0) is 14.3 Å². The fraction of sp³-hybridized carbons (Fsp3) is 0.286. The first-order chi connectivity index (χ1) is 14.8. The maximum Gasteiger partial charge on any atom is 0.338 e. The maximum absolute atomic E-state index is 11.9. The van der Waals surface area contributed by atoms with Crippen LogP contribution in [0.2, 0.25) is 0 Å². The van der Waals surface area contributed by atoms with E-state index in [9.17, 15) is 14.4 Å². The summed E-state index contributed by atoms with van der Waals surface area (Å²) in [6, 6.07) is 9.87. The molecule has 166 valence electrons. The molecule has 2 aromatic rings. The van der Waals surface area contributed by atoms with Crippen molar-refractivity contribution in [1.82, 2.24) is 10.9 Å². The molecule has 2 rings (SSSR count). The zero-order valence-corrected chi connectivity index (χ0v) is 20.2. The first-order valence-corrected chi connectivity index (χ1v) is 10.9. The Morgan fingerprint density at radius 3 is 2.13 bits per heavy atom. The highest BCUT2D eigenvalue weighted by atomic mass is 79.9. The molecule has 0 aliphatic rings. The van der Waals surface area contributed by atoms with E-state index in [1.54, 1.807) is 30.3 Å². The number of halogens is 2. The third-order valence-electron chi connectivity index (χ3n) is 3.78. The van der Waals surface area contributed by atoms with E-state index < -0.39 is 17.8 Å². The van der Waals surface area contributed by atoms with Crippen LogP contribution in [0.5, 0.6) is 11.5 Å². The average molecular weight is 558 g/mol. The van der Waals surface area contributed by atoms with Crippen LogP contribution in [0.15, 0.2) is 45.3 Å². The number of rotatable bonds is 9. The smallest absolute Gasteiger partial charge is 0.338 e. The molecule has 0 spiro atoms. The van der Waals surface area contributed by atoms with Crippen LogP contribution in [0, 0.1) is 6.92 Å². The summed E-state index contributed by atoms with van der Waals surface area (Å²) in [7, 11) is 0. The number of amides is 2.